The number of nitro groups is 1. The molecule has 0 saturated heterocycles. The normalized spacial score (nSPS) is 10.7. The zero-order valence-corrected chi connectivity index (χ0v) is 8.74. The Hall–Kier alpha value is -1.15. The van der Waals surface area contributed by atoms with Gasteiger partial charge in [-0.25, -0.2) is 13.8 Å². The summed E-state index contributed by atoms with van der Waals surface area (Å²) in [7, 11) is 0. The van der Waals surface area contributed by atoms with Gasteiger partial charge >= 0.3 is 0 Å². The highest BCUT2D eigenvalue weighted by Gasteiger charge is 2.22. The number of nitrogens with zero attached hydrogens (tertiary/aromatic N) is 2. The molecule has 15 heavy (non-hydrogen) atoms. The number of aliphatic hydroxyl groups is 1. The second-order valence-electron chi connectivity index (χ2n) is 2.55. The second kappa shape index (κ2) is 4.58. The SMILES string of the molecule is O=[N+]([O-])c1cc(C(F)F)c(Br)nc1CO. The lowest BCUT2D eigenvalue weighted by atomic mass is 10.2. The maximum absolute atomic E-state index is 12.4. The second-order valence-corrected chi connectivity index (χ2v) is 3.30. The average Bonchev–Trinajstić information content (AvgIpc) is 2.16. The lowest BCUT2D eigenvalue weighted by molar-refractivity contribution is -0.386. The van der Waals surface area contributed by atoms with Crippen molar-refractivity contribution in [1.29, 1.82) is 0 Å². The van der Waals surface area contributed by atoms with E-state index in [1.54, 1.807) is 0 Å². The Morgan fingerprint density at radius 2 is 2.27 bits per heavy atom. The molecule has 0 aliphatic carbocycles. The standard InChI is InChI=1S/C7H5BrF2N2O3/c8-6-3(7(9)10)1-5(12(14)15)4(2-13)11-6/h1,7,13H,2H2. The molecule has 1 aromatic rings. The molecule has 0 aliphatic heterocycles. The van der Waals surface area contributed by atoms with Gasteiger partial charge in [0.2, 0.25) is 0 Å². The van der Waals surface area contributed by atoms with Gasteiger partial charge in [0, 0.05) is 6.07 Å². The topological polar surface area (TPSA) is 76.3 Å². The fourth-order valence-electron chi connectivity index (χ4n) is 0.958. The number of rotatable bonds is 3. The molecule has 0 aliphatic rings. The van der Waals surface area contributed by atoms with Crippen LogP contribution in [0.3, 0.4) is 0 Å². The van der Waals surface area contributed by atoms with Gasteiger partial charge in [0.15, 0.2) is 0 Å². The molecule has 0 atom stereocenters. The van der Waals surface area contributed by atoms with Crippen LogP contribution in [-0.4, -0.2) is 15.0 Å². The molecule has 0 saturated carbocycles. The van der Waals surface area contributed by atoms with E-state index in [9.17, 15) is 18.9 Å². The Balaban J connectivity index is 3.37. The molecule has 0 bridgehead atoms. The maximum Gasteiger partial charge on any atom is 0.293 e. The van der Waals surface area contributed by atoms with Crippen LogP contribution in [0.15, 0.2) is 10.7 Å². The summed E-state index contributed by atoms with van der Waals surface area (Å²) in [5, 5.41) is 19.2. The number of hydrogen-bond acceptors (Lipinski definition) is 4. The third-order valence-corrected chi connectivity index (χ3v) is 2.28. The molecular weight excluding hydrogens is 278 g/mol. The van der Waals surface area contributed by atoms with Crippen molar-refractivity contribution in [2.75, 3.05) is 0 Å². The van der Waals surface area contributed by atoms with E-state index in [0.29, 0.717) is 6.07 Å². The van der Waals surface area contributed by atoms with E-state index in [1.165, 1.54) is 0 Å². The van der Waals surface area contributed by atoms with Crippen LogP contribution >= 0.6 is 15.9 Å². The quantitative estimate of drug-likeness (QED) is 0.524. The van der Waals surface area contributed by atoms with E-state index < -0.39 is 29.2 Å². The fourth-order valence-corrected chi connectivity index (χ4v) is 1.46. The lowest BCUT2D eigenvalue weighted by Crippen LogP contribution is -2.02. The monoisotopic (exact) mass is 282 g/mol. The Morgan fingerprint density at radius 1 is 1.67 bits per heavy atom. The van der Waals surface area contributed by atoms with Crippen molar-refractivity contribution in [3.05, 3.63) is 32.0 Å². The van der Waals surface area contributed by atoms with Crippen molar-refractivity contribution in [1.82, 2.24) is 4.98 Å². The van der Waals surface area contributed by atoms with Crippen molar-refractivity contribution in [2.24, 2.45) is 0 Å². The van der Waals surface area contributed by atoms with E-state index in [4.69, 9.17) is 5.11 Å². The zero-order valence-electron chi connectivity index (χ0n) is 7.15. The summed E-state index contributed by atoms with van der Waals surface area (Å²) >= 11 is 2.75. The lowest BCUT2D eigenvalue weighted by Gasteiger charge is -2.05. The molecule has 1 N–H and O–H groups in total. The van der Waals surface area contributed by atoms with Crippen LogP contribution in [0.4, 0.5) is 14.5 Å². The molecule has 0 aromatic carbocycles. The number of hydrogen-bond donors (Lipinski definition) is 1. The minimum atomic E-state index is -2.86. The third-order valence-electron chi connectivity index (χ3n) is 1.64. The molecule has 8 heteroatoms. The van der Waals surface area contributed by atoms with Gasteiger partial charge in [-0.15, -0.1) is 0 Å². The number of pyridine rings is 1. The summed E-state index contributed by atoms with van der Waals surface area (Å²) < 4.78 is 24.5. The third kappa shape index (κ3) is 2.45. The minimum Gasteiger partial charge on any atom is -0.390 e. The van der Waals surface area contributed by atoms with Gasteiger partial charge in [-0.3, -0.25) is 10.1 Å². The van der Waals surface area contributed by atoms with Crippen LogP contribution in [0.2, 0.25) is 0 Å². The predicted octanol–water partition coefficient (Wildman–Crippen LogP) is 2.18. The van der Waals surface area contributed by atoms with Gasteiger partial charge < -0.3 is 5.11 Å². The number of aliphatic hydroxyl groups excluding tert-OH is 1. The van der Waals surface area contributed by atoms with Crippen molar-refractivity contribution < 1.29 is 18.8 Å². The van der Waals surface area contributed by atoms with Crippen LogP contribution in [0.1, 0.15) is 17.7 Å². The zero-order chi connectivity index (χ0) is 11.6. The number of halogens is 3. The van der Waals surface area contributed by atoms with Crippen molar-refractivity contribution >= 4 is 21.6 Å². The number of alkyl halides is 2. The Labute approximate surface area is 91.0 Å². The molecular formula is C7H5BrF2N2O3. The van der Waals surface area contributed by atoms with Crippen molar-refractivity contribution in [3.63, 3.8) is 0 Å². The molecule has 1 rings (SSSR count). The first-order valence-electron chi connectivity index (χ1n) is 3.70. The van der Waals surface area contributed by atoms with Crippen molar-refractivity contribution in [3.8, 4) is 0 Å². The summed E-state index contributed by atoms with van der Waals surface area (Å²) in [6.07, 6.45) is -2.86. The fraction of sp³-hybridized carbons (Fsp3) is 0.286. The highest BCUT2D eigenvalue weighted by Crippen LogP contribution is 2.30. The molecule has 1 aromatic heterocycles. The van der Waals surface area contributed by atoms with Crippen LogP contribution < -0.4 is 0 Å². The molecule has 0 fully saturated rings. The van der Waals surface area contributed by atoms with Crippen LogP contribution in [0.5, 0.6) is 0 Å². The van der Waals surface area contributed by atoms with Crippen molar-refractivity contribution in [2.45, 2.75) is 13.0 Å². The number of aromatic nitrogens is 1. The van der Waals surface area contributed by atoms with Gasteiger partial charge in [-0.2, -0.15) is 0 Å². The van der Waals surface area contributed by atoms with E-state index in [0.717, 1.165) is 0 Å². The first-order valence-corrected chi connectivity index (χ1v) is 4.49. The highest BCUT2D eigenvalue weighted by atomic mass is 79.9. The molecule has 82 valence electrons. The summed E-state index contributed by atoms with van der Waals surface area (Å²) in [5.41, 5.74) is -1.44. The molecule has 5 nitrogen and oxygen atoms in total. The van der Waals surface area contributed by atoms with Crippen LogP contribution in [0, 0.1) is 10.1 Å². The average molecular weight is 283 g/mol. The molecule has 0 radical (unpaired) electrons. The Bertz CT molecular complexity index is 400. The van der Waals surface area contributed by atoms with Gasteiger partial charge in [0.05, 0.1) is 17.1 Å². The van der Waals surface area contributed by atoms with Crippen LogP contribution in [0.25, 0.3) is 0 Å². The highest BCUT2D eigenvalue weighted by molar-refractivity contribution is 9.10. The van der Waals surface area contributed by atoms with E-state index in [2.05, 4.69) is 20.9 Å². The predicted molar refractivity (Wildman–Crippen MR) is 49.5 cm³/mol. The first kappa shape index (κ1) is 11.9. The summed E-state index contributed by atoms with van der Waals surface area (Å²) in [6.45, 7) is -0.682. The van der Waals surface area contributed by atoms with Gasteiger partial charge in [0.25, 0.3) is 12.1 Å². The van der Waals surface area contributed by atoms with Crippen LogP contribution in [-0.2, 0) is 6.61 Å². The minimum absolute atomic E-state index is 0.202. The molecule has 0 unspecified atom stereocenters. The molecule has 1 heterocycles. The van der Waals surface area contributed by atoms with Gasteiger partial charge in [0.1, 0.15) is 10.3 Å². The smallest absolute Gasteiger partial charge is 0.293 e. The summed E-state index contributed by atoms with van der Waals surface area (Å²) in [5.74, 6) is 0. The summed E-state index contributed by atoms with van der Waals surface area (Å²) in [4.78, 5) is 13.1. The molecule has 0 amide bonds. The Morgan fingerprint density at radius 3 is 2.67 bits per heavy atom. The summed E-state index contributed by atoms with van der Waals surface area (Å²) in [6, 6.07) is 0.702. The maximum atomic E-state index is 12.4. The molecule has 0 spiro atoms. The van der Waals surface area contributed by atoms with E-state index in [-0.39, 0.29) is 10.3 Å². The first-order chi connectivity index (χ1) is 6.97. The van der Waals surface area contributed by atoms with E-state index in [1.807, 2.05) is 0 Å². The Kier molecular flexibility index (Phi) is 3.64. The van der Waals surface area contributed by atoms with E-state index >= 15 is 0 Å². The van der Waals surface area contributed by atoms with Gasteiger partial charge in [-0.05, 0) is 15.9 Å². The van der Waals surface area contributed by atoms with Gasteiger partial charge in [-0.1, -0.05) is 0 Å². The largest absolute Gasteiger partial charge is 0.390 e.